The molecule has 116 valence electrons. The van der Waals surface area contributed by atoms with E-state index in [0.717, 1.165) is 36.9 Å². The molecule has 22 heavy (non-hydrogen) atoms. The van der Waals surface area contributed by atoms with Crippen LogP contribution in [0.4, 0.5) is 10.1 Å². The van der Waals surface area contributed by atoms with E-state index >= 15 is 0 Å². The topological polar surface area (TPSA) is 45.1 Å². The molecule has 3 nitrogen and oxygen atoms in total. The molecule has 0 spiro atoms. The Hall–Kier alpha value is -1.42. The van der Waals surface area contributed by atoms with E-state index in [9.17, 15) is 9.50 Å². The van der Waals surface area contributed by atoms with E-state index in [-0.39, 0.29) is 5.82 Å². The summed E-state index contributed by atoms with van der Waals surface area (Å²) in [6.45, 7) is 0. The zero-order valence-corrected chi connectivity index (χ0v) is 12.6. The number of nitrogens with zero attached hydrogens (tertiary/aromatic N) is 1. The van der Waals surface area contributed by atoms with Crippen LogP contribution in [0.25, 0.3) is 6.08 Å². The molecule has 1 aromatic heterocycles. The molecule has 0 radical (unpaired) electrons. The van der Waals surface area contributed by atoms with Gasteiger partial charge in [-0.2, -0.15) is 0 Å². The summed E-state index contributed by atoms with van der Waals surface area (Å²) in [5.74, 6) is 1.38. The highest BCUT2D eigenvalue weighted by molar-refractivity contribution is 5.72. The zero-order valence-electron chi connectivity index (χ0n) is 12.6. The monoisotopic (exact) mass is 300 g/mol. The molecule has 0 aromatic carbocycles. The molecule has 2 atom stereocenters. The van der Waals surface area contributed by atoms with Crippen LogP contribution in [0.2, 0.25) is 0 Å². The molecular weight excluding hydrogens is 279 g/mol. The Morgan fingerprint density at radius 3 is 2.73 bits per heavy atom. The molecule has 4 fully saturated rings. The van der Waals surface area contributed by atoms with Crippen molar-refractivity contribution in [2.45, 2.75) is 50.2 Å². The van der Waals surface area contributed by atoms with Gasteiger partial charge in [-0.25, -0.2) is 4.39 Å². The fraction of sp³-hybridized carbons (Fsp3) is 0.611. The van der Waals surface area contributed by atoms with E-state index in [0.29, 0.717) is 29.5 Å². The third-order valence-corrected chi connectivity index (χ3v) is 6.30. The number of fused-ring (bicyclic) bond motifs is 1. The van der Waals surface area contributed by atoms with Crippen LogP contribution in [-0.4, -0.2) is 21.7 Å². The molecule has 4 bridgehead atoms. The normalized spacial score (nSPS) is 41.0. The molecule has 1 heterocycles. The number of halogens is 1. The van der Waals surface area contributed by atoms with E-state index in [4.69, 9.17) is 0 Å². The minimum atomic E-state index is -0.437. The van der Waals surface area contributed by atoms with Crippen molar-refractivity contribution < 1.29 is 9.50 Å². The summed E-state index contributed by atoms with van der Waals surface area (Å²) < 4.78 is 14.3. The Morgan fingerprint density at radius 2 is 2.00 bits per heavy atom. The molecule has 2 N–H and O–H groups in total. The molecule has 5 aliphatic rings. The number of hydrogen-bond acceptors (Lipinski definition) is 3. The van der Waals surface area contributed by atoms with Crippen LogP contribution >= 0.6 is 0 Å². The van der Waals surface area contributed by atoms with E-state index in [1.807, 2.05) is 12.2 Å². The predicted molar refractivity (Wildman–Crippen MR) is 82.8 cm³/mol. The van der Waals surface area contributed by atoms with Gasteiger partial charge < -0.3 is 10.4 Å². The van der Waals surface area contributed by atoms with Crippen LogP contribution in [0.3, 0.4) is 0 Å². The van der Waals surface area contributed by atoms with E-state index < -0.39 is 5.60 Å². The van der Waals surface area contributed by atoms with Crippen LogP contribution in [0.1, 0.15) is 43.4 Å². The Kier molecular flexibility index (Phi) is 2.56. The van der Waals surface area contributed by atoms with Crippen LogP contribution in [-0.2, 0) is 6.42 Å². The van der Waals surface area contributed by atoms with E-state index in [1.54, 1.807) is 0 Å². The maximum absolute atomic E-state index is 14.3. The lowest BCUT2D eigenvalue weighted by Crippen LogP contribution is -2.59. The molecule has 1 aromatic rings. The maximum atomic E-state index is 14.3. The van der Waals surface area contributed by atoms with Gasteiger partial charge in [-0.05, 0) is 49.9 Å². The lowest BCUT2D eigenvalue weighted by atomic mass is 9.52. The Bertz CT molecular complexity index is 655. The summed E-state index contributed by atoms with van der Waals surface area (Å²) in [5.41, 5.74) is 2.08. The summed E-state index contributed by atoms with van der Waals surface area (Å²) >= 11 is 0. The van der Waals surface area contributed by atoms with Crippen molar-refractivity contribution in [3.63, 3.8) is 0 Å². The quantitative estimate of drug-likeness (QED) is 0.882. The van der Waals surface area contributed by atoms with Gasteiger partial charge in [-0.1, -0.05) is 12.2 Å². The van der Waals surface area contributed by atoms with E-state index in [2.05, 4.69) is 10.3 Å². The first kappa shape index (κ1) is 13.1. The van der Waals surface area contributed by atoms with Gasteiger partial charge in [0.25, 0.3) is 0 Å². The van der Waals surface area contributed by atoms with Crippen molar-refractivity contribution in [2.75, 3.05) is 5.32 Å². The smallest absolute Gasteiger partial charge is 0.165 e. The SMILES string of the molecule is OC12CC3CC(C1)C(Nc1c(F)cnc4c1C=CC4)C(C3)C2. The standard InChI is InChI=1S/C18H21FN2O/c19-14-9-20-15-3-1-2-13(15)17(14)21-16-11-4-10-5-12(16)8-18(22,6-10)7-11/h1-2,9-12,16,22H,3-8H2,(H,20,21). The number of hydrogen-bond donors (Lipinski definition) is 2. The molecule has 0 saturated heterocycles. The summed E-state index contributed by atoms with van der Waals surface area (Å²) in [7, 11) is 0. The minimum absolute atomic E-state index is 0.252. The van der Waals surface area contributed by atoms with Crippen LogP contribution in [0, 0.1) is 23.6 Å². The average molecular weight is 300 g/mol. The van der Waals surface area contributed by atoms with Gasteiger partial charge in [0.1, 0.15) is 0 Å². The first-order valence-electron chi connectivity index (χ1n) is 8.44. The summed E-state index contributed by atoms with van der Waals surface area (Å²) in [6.07, 6.45) is 11.3. The van der Waals surface area contributed by atoms with Gasteiger partial charge in [-0.15, -0.1) is 0 Å². The lowest BCUT2D eigenvalue weighted by Gasteiger charge is -2.58. The molecule has 5 aliphatic carbocycles. The van der Waals surface area contributed by atoms with Crippen molar-refractivity contribution in [1.82, 2.24) is 4.98 Å². The first-order chi connectivity index (χ1) is 10.6. The van der Waals surface area contributed by atoms with Gasteiger partial charge in [0.2, 0.25) is 0 Å². The maximum Gasteiger partial charge on any atom is 0.165 e. The largest absolute Gasteiger partial charge is 0.390 e. The number of rotatable bonds is 2. The second-order valence-corrected chi connectivity index (χ2v) is 7.81. The highest BCUT2D eigenvalue weighted by Crippen LogP contribution is 2.56. The highest BCUT2D eigenvalue weighted by atomic mass is 19.1. The van der Waals surface area contributed by atoms with Gasteiger partial charge in [0.05, 0.1) is 23.2 Å². The van der Waals surface area contributed by atoms with Crippen molar-refractivity contribution in [2.24, 2.45) is 17.8 Å². The van der Waals surface area contributed by atoms with Gasteiger partial charge in [0, 0.05) is 18.0 Å². The third kappa shape index (κ3) is 1.79. The Balaban J connectivity index is 1.48. The predicted octanol–water partition coefficient (Wildman–Crippen LogP) is 3.14. The fourth-order valence-electron chi connectivity index (χ4n) is 5.70. The molecular formula is C18H21FN2O. The molecule has 6 rings (SSSR count). The number of aliphatic hydroxyl groups is 1. The minimum Gasteiger partial charge on any atom is -0.390 e. The summed E-state index contributed by atoms with van der Waals surface area (Å²) in [4.78, 5) is 4.20. The average Bonchev–Trinajstić information content (AvgIpc) is 2.91. The molecule has 0 amide bonds. The molecule has 2 unspecified atom stereocenters. The zero-order chi connectivity index (χ0) is 14.9. The van der Waals surface area contributed by atoms with Gasteiger partial charge in [-0.3, -0.25) is 4.98 Å². The van der Waals surface area contributed by atoms with Crippen molar-refractivity contribution in [3.8, 4) is 0 Å². The summed E-state index contributed by atoms with van der Waals surface area (Å²) in [6, 6.07) is 0.298. The fourth-order valence-corrected chi connectivity index (χ4v) is 5.70. The number of aromatic nitrogens is 1. The molecule has 0 aliphatic heterocycles. The second kappa shape index (κ2) is 4.31. The van der Waals surface area contributed by atoms with Crippen LogP contribution < -0.4 is 5.32 Å². The van der Waals surface area contributed by atoms with Gasteiger partial charge in [0.15, 0.2) is 5.82 Å². The number of anilines is 1. The number of pyridine rings is 1. The van der Waals surface area contributed by atoms with E-state index in [1.165, 1.54) is 19.0 Å². The third-order valence-electron chi connectivity index (χ3n) is 6.30. The van der Waals surface area contributed by atoms with Crippen molar-refractivity contribution >= 4 is 11.8 Å². The Labute approximate surface area is 129 Å². The molecule has 4 heteroatoms. The lowest BCUT2D eigenvalue weighted by molar-refractivity contribution is -0.129. The van der Waals surface area contributed by atoms with Crippen LogP contribution in [0.5, 0.6) is 0 Å². The second-order valence-electron chi connectivity index (χ2n) is 7.81. The molecule has 4 saturated carbocycles. The first-order valence-corrected chi connectivity index (χ1v) is 8.44. The number of allylic oxidation sites excluding steroid dienone is 1. The van der Waals surface area contributed by atoms with Crippen LogP contribution in [0.15, 0.2) is 12.3 Å². The highest BCUT2D eigenvalue weighted by Gasteiger charge is 2.54. The summed E-state index contributed by atoms with van der Waals surface area (Å²) in [5, 5.41) is 14.2. The van der Waals surface area contributed by atoms with Crippen molar-refractivity contribution in [1.29, 1.82) is 0 Å². The Morgan fingerprint density at radius 1 is 1.23 bits per heavy atom. The number of nitrogens with one attached hydrogen (secondary N) is 1. The van der Waals surface area contributed by atoms with Crippen molar-refractivity contribution in [3.05, 3.63) is 29.3 Å². The van der Waals surface area contributed by atoms with Gasteiger partial charge >= 0.3 is 0 Å².